The summed E-state index contributed by atoms with van der Waals surface area (Å²) in [6, 6.07) is 10.2. The second kappa shape index (κ2) is 8.72. The first-order valence-electron chi connectivity index (χ1n) is 7.23. The molecule has 3 N–H and O–H groups in total. The highest BCUT2D eigenvalue weighted by atomic mass is 16.2. The summed E-state index contributed by atoms with van der Waals surface area (Å²) in [5.41, 5.74) is 7.08. The molecule has 0 aliphatic heterocycles. The Morgan fingerprint density at radius 1 is 1.30 bits per heavy atom. The fourth-order valence-electron chi connectivity index (χ4n) is 2.10. The van der Waals surface area contributed by atoms with E-state index in [2.05, 4.69) is 31.3 Å². The van der Waals surface area contributed by atoms with E-state index in [4.69, 9.17) is 5.73 Å². The Hall–Kier alpha value is -1.39. The molecule has 0 fully saturated rings. The summed E-state index contributed by atoms with van der Waals surface area (Å²) in [6.07, 6.45) is 0. The van der Waals surface area contributed by atoms with Crippen molar-refractivity contribution in [3.63, 3.8) is 0 Å². The van der Waals surface area contributed by atoms with Crippen LogP contribution in [-0.4, -0.2) is 44.0 Å². The van der Waals surface area contributed by atoms with Gasteiger partial charge in [-0.25, -0.2) is 0 Å². The van der Waals surface area contributed by atoms with Gasteiger partial charge in [0.15, 0.2) is 0 Å². The number of nitrogens with one attached hydrogen (secondary N) is 1. The summed E-state index contributed by atoms with van der Waals surface area (Å²) in [4.78, 5) is 13.8. The molecule has 1 rings (SSSR count). The third kappa shape index (κ3) is 6.17. The number of hydrogen-bond donors (Lipinski definition) is 2. The highest BCUT2D eigenvalue weighted by Gasteiger charge is 2.14. The lowest BCUT2D eigenvalue weighted by molar-refractivity contribution is -0.122. The van der Waals surface area contributed by atoms with E-state index in [0.29, 0.717) is 19.0 Å². The standard InChI is InChI=1S/C16H27N3O/c1-13(2)10-18-16(20)12-19(3)11-15(9-17)14-7-5-4-6-8-14/h4-8,13,15H,9-12,17H2,1-3H3,(H,18,20). The SMILES string of the molecule is CC(C)CNC(=O)CN(C)CC(CN)c1ccccc1. The highest BCUT2D eigenvalue weighted by Crippen LogP contribution is 2.14. The number of benzene rings is 1. The molecule has 0 radical (unpaired) electrons. The van der Waals surface area contributed by atoms with Crippen molar-refractivity contribution in [1.29, 1.82) is 0 Å². The Labute approximate surface area is 122 Å². The molecule has 4 heteroatoms. The van der Waals surface area contributed by atoms with Crippen molar-refractivity contribution in [3.05, 3.63) is 35.9 Å². The molecular weight excluding hydrogens is 250 g/mol. The largest absolute Gasteiger partial charge is 0.355 e. The molecule has 0 heterocycles. The Balaban J connectivity index is 2.43. The van der Waals surface area contributed by atoms with Gasteiger partial charge in [0.25, 0.3) is 0 Å². The molecule has 1 aromatic rings. The molecule has 0 bridgehead atoms. The van der Waals surface area contributed by atoms with Crippen LogP contribution in [0.3, 0.4) is 0 Å². The van der Waals surface area contributed by atoms with Crippen molar-refractivity contribution in [3.8, 4) is 0 Å². The Kier molecular flexibility index (Phi) is 7.26. The normalized spacial score (nSPS) is 12.7. The topological polar surface area (TPSA) is 58.4 Å². The van der Waals surface area contributed by atoms with E-state index in [-0.39, 0.29) is 11.8 Å². The van der Waals surface area contributed by atoms with E-state index in [1.54, 1.807) is 0 Å². The average Bonchev–Trinajstić information content (AvgIpc) is 2.43. The lowest BCUT2D eigenvalue weighted by Crippen LogP contribution is -2.39. The van der Waals surface area contributed by atoms with E-state index >= 15 is 0 Å². The Bertz CT molecular complexity index is 392. The van der Waals surface area contributed by atoms with Crippen LogP contribution in [0.2, 0.25) is 0 Å². The predicted molar refractivity (Wildman–Crippen MR) is 83.6 cm³/mol. The number of carbonyl (C=O) groups excluding carboxylic acids is 1. The molecule has 1 atom stereocenters. The minimum absolute atomic E-state index is 0.0741. The van der Waals surface area contributed by atoms with Crippen LogP contribution >= 0.6 is 0 Å². The number of hydrogen-bond acceptors (Lipinski definition) is 3. The number of likely N-dealkylation sites (N-methyl/N-ethyl adjacent to an activating group) is 1. The number of carbonyl (C=O) groups is 1. The lowest BCUT2D eigenvalue weighted by atomic mass is 9.99. The number of nitrogens with two attached hydrogens (primary N) is 1. The van der Waals surface area contributed by atoms with E-state index in [0.717, 1.165) is 13.1 Å². The number of nitrogens with zero attached hydrogens (tertiary/aromatic N) is 1. The second-order valence-corrected chi connectivity index (χ2v) is 5.74. The molecule has 20 heavy (non-hydrogen) atoms. The van der Waals surface area contributed by atoms with Gasteiger partial charge in [-0.15, -0.1) is 0 Å². The van der Waals surface area contributed by atoms with Gasteiger partial charge >= 0.3 is 0 Å². The van der Waals surface area contributed by atoms with Gasteiger partial charge in [-0.3, -0.25) is 9.69 Å². The summed E-state index contributed by atoms with van der Waals surface area (Å²) in [5.74, 6) is 0.814. The molecule has 1 unspecified atom stereocenters. The summed E-state index contributed by atoms with van der Waals surface area (Å²) in [5, 5.41) is 2.93. The van der Waals surface area contributed by atoms with E-state index < -0.39 is 0 Å². The van der Waals surface area contributed by atoms with Gasteiger partial charge in [0.05, 0.1) is 6.54 Å². The molecular formula is C16H27N3O. The molecule has 1 amide bonds. The van der Waals surface area contributed by atoms with Crippen LogP contribution in [0.5, 0.6) is 0 Å². The van der Waals surface area contributed by atoms with Crippen molar-refractivity contribution < 1.29 is 4.79 Å². The fraction of sp³-hybridized carbons (Fsp3) is 0.562. The first-order valence-corrected chi connectivity index (χ1v) is 7.23. The molecule has 112 valence electrons. The van der Waals surface area contributed by atoms with Gasteiger partial charge in [-0.05, 0) is 18.5 Å². The lowest BCUT2D eigenvalue weighted by Gasteiger charge is -2.23. The van der Waals surface area contributed by atoms with Crippen molar-refractivity contribution in [1.82, 2.24) is 10.2 Å². The van der Waals surface area contributed by atoms with Gasteiger partial charge in [-0.1, -0.05) is 44.2 Å². The minimum atomic E-state index is 0.0741. The number of amides is 1. The predicted octanol–water partition coefficient (Wildman–Crippen LogP) is 1.43. The van der Waals surface area contributed by atoms with Crippen LogP contribution in [0.15, 0.2) is 30.3 Å². The third-order valence-electron chi connectivity index (χ3n) is 3.21. The summed E-state index contributed by atoms with van der Waals surface area (Å²) < 4.78 is 0. The van der Waals surface area contributed by atoms with E-state index in [9.17, 15) is 4.79 Å². The van der Waals surface area contributed by atoms with Gasteiger partial charge in [0.2, 0.25) is 5.91 Å². The fourth-order valence-corrected chi connectivity index (χ4v) is 2.10. The van der Waals surface area contributed by atoms with Gasteiger partial charge in [0.1, 0.15) is 0 Å². The second-order valence-electron chi connectivity index (χ2n) is 5.74. The maximum atomic E-state index is 11.8. The zero-order valence-corrected chi connectivity index (χ0v) is 12.8. The minimum Gasteiger partial charge on any atom is -0.355 e. The zero-order chi connectivity index (χ0) is 15.0. The van der Waals surface area contributed by atoms with Crippen molar-refractivity contribution in [2.24, 2.45) is 11.7 Å². The van der Waals surface area contributed by atoms with Crippen LogP contribution in [0, 0.1) is 5.92 Å². The van der Waals surface area contributed by atoms with Crippen LogP contribution < -0.4 is 11.1 Å². The monoisotopic (exact) mass is 277 g/mol. The van der Waals surface area contributed by atoms with Crippen LogP contribution in [0.25, 0.3) is 0 Å². The average molecular weight is 277 g/mol. The van der Waals surface area contributed by atoms with Crippen molar-refractivity contribution in [2.45, 2.75) is 19.8 Å². The van der Waals surface area contributed by atoms with Gasteiger partial charge in [0, 0.05) is 25.6 Å². The van der Waals surface area contributed by atoms with Gasteiger partial charge < -0.3 is 11.1 Å². The van der Waals surface area contributed by atoms with Crippen LogP contribution in [0.4, 0.5) is 0 Å². The first-order chi connectivity index (χ1) is 9.52. The van der Waals surface area contributed by atoms with E-state index in [1.165, 1.54) is 5.56 Å². The first kappa shape index (κ1) is 16.7. The summed E-state index contributed by atoms with van der Waals surface area (Å²) in [7, 11) is 1.96. The Morgan fingerprint density at radius 3 is 2.50 bits per heavy atom. The maximum absolute atomic E-state index is 11.8. The molecule has 0 aromatic heterocycles. The molecule has 4 nitrogen and oxygen atoms in total. The van der Waals surface area contributed by atoms with Gasteiger partial charge in [-0.2, -0.15) is 0 Å². The number of rotatable bonds is 8. The zero-order valence-electron chi connectivity index (χ0n) is 12.8. The maximum Gasteiger partial charge on any atom is 0.234 e. The molecule has 1 aromatic carbocycles. The smallest absolute Gasteiger partial charge is 0.234 e. The molecule has 0 spiro atoms. The molecule has 0 aliphatic carbocycles. The van der Waals surface area contributed by atoms with Crippen molar-refractivity contribution in [2.75, 3.05) is 33.2 Å². The highest BCUT2D eigenvalue weighted by molar-refractivity contribution is 5.77. The molecule has 0 saturated heterocycles. The molecule has 0 saturated carbocycles. The Morgan fingerprint density at radius 2 is 1.95 bits per heavy atom. The van der Waals surface area contributed by atoms with E-state index in [1.807, 2.05) is 30.1 Å². The summed E-state index contributed by atoms with van der Waals surface area (Å²) in [6.45, 7) is 6.69. The van der Waals surface area contributed by atoms with Crippen LogP contribution in [0.1, 0.15) is 25.3 Å². The van der Waals surface area contributed by atoms with Crippen LogP contribution in [-0.2, 0) is 4.79 Å². The third-order valence-corrected chi connectivity index (χ3v) is 3.21. The molecule has 0 aliphatic rings. The summed E-state index contributed by atoms with van der Waals surface area (Å²) >= 11 is 0. The quantitative estimate of drug-likeness (QED) is 0.756. The van der Waals surface area contributed by atoms with Crippen molar-refractivity contribution >= 4 is 5.91 Å².